The first-order valence-electron chi connectivity index (χ1n) is 7.83. The van der Waals surface area contributed by atoms with Gasteiger partial charge in [-0.2, -0.15) is 0 Å². The molecule has 1 N–H and O–H groups in total. The zero-order valence-corrected chi connectivity index (χ0v) is 15.7. The van der Waals surface area contributed by atoms with E-state index in [1.807, 2.05) is 37.3 Å². The maximum atomic E-state index is 12.7. The summed E-state index contributed by atoms with van der Waals surface area (Å²) in [4.78, 5) is 26.2. The molecule has 0 saturated heterocycles. The first-order valence-corrected chi connectivity index (χ1v) is 8.59. The lowest BCUT2D eigenvalue weighted by Gasteiger charge is -2.16. The van der Waals surface area contributed by atoms with Crippen molar-refractivity contribution < 1.29 is 14.3 Å². The van der Waals surface area contributed by atoms with Crippen LogP contribution in [0.5, 0.6) is 5.75 Å². The summed E-state index contributed by atoms with van der Waals surface area (Å²) in [7, 11) is 1.49. The molecule has 1 heterocycles. The Kier molecular flexibility index (Phi) is 5.20. The van der Waals surface area contributed by atoms with Crippen molar-refractivity contribution in [1.29, 1.82) is 0 Å². The van der Waals surface area contributed by atoms with Crippen molar-refractivity contribution >= 4 is 40.7 Å². The van der Waals surface area contributed by atoms with E-state index in [2.05, 4.69) is 5.32 Å². The maximum Gasteiger partial charge on any atom is 0.279 e. The molecule has 0 bridgehead atoms. The summed E-state index contributed by atoms with van der Waals surface area (Å²) >= 11 is 12.2. The number of carbonyl (C=O) groups is 2. The lowest BCUT2D eigenvalue weighted by molar-refractivity contribution is -0.138. The molecular weight excluding hydrogens is 375 g/mol. The normalized spacial score (nSPS) is 14.2. The van der Waals surface area contributed by atoms with Crippen LogP contribution in [-0.4, -0.2) is 23.8 Å². The molecule has 0 aliphatic carbocycles. The summed E-state index contributed by atoms with van der Waals surface area (Å²) in [5.41, 5.74) is 2.15. The Morgan fingerprint density at radius 1 is 1.08 bits per heavy atom. The van der Waals surface area contributed by atoms with Crippen LogP contribution in [0.4, 0.5) is 5.69 Å². The third-order valence-corrected chi connectivity index (χ3v) is 4.79. The number of hydrogen-bond donors (Lipinski definition) is 1. The van der Waals surface area contributed by atoms with Crippen molar-refractivity contribution in [3.8, 4) is 5.75 Å². The van der Waals surface area contributed by atoms with Crippen molar-refractivity contribution in [2.75, 3.05) is 12.4 Å². The second kappa shape index (κ2) is 7.40. The van der Waals surface area contributed by atoms with Crippen LogP contribution >= 0.6 is 23.2 Å². The zero-order valence-electron chi connectivity index (χ0n) is 14.2. The summed E-state index contributed by atoms with van der Waals surface area (Å²) in [6.07, 6.45) is 0. The van der Waals surface area contributed by atoms with Gasteiger partial charge in [0.05, 0.1) is 19.3 Å². The van der Waals surface area contributed by atoms with Gasteiger partial charge in [-0.3, -0.25) is 14.5 Å². The molecule has 0 radical (unpaired) electrons. The quantitative estimate of drug-likeness (QED) is 0.781. The molecule has 0 spiro atoms. The van der Waals surface area contributed by atoms with Crippen LogP contribution in [0.1, 0.15) is 11.1 Å². The van der Waals surface area contributed by atoms with Crippen LogP contribution < -0.4 is 10.1 Å². The van der Waals surface area contributed by atoms with E-state index >= 15 is 0 Å². The smallest absolute Gasteiger partial charge is 0.279 e. The van der Waals surface area contributed by atoms with Gasteiger partial charge < -0.3 is 10.1 Å². The minimum Gasteiger partial charge on any atom is -0.495 e. The third-order valence-electron chi connectivity index (χ3n) is 4.04. The number of hydrogen-bond acceptors (Lipinski definition) is 4. The molecule has 0 aromatic heterocycles. The SMILES string of the molecule is COc1cc(Cl)c(C)cc1NC1=C(Cl)C(=O)N(Cc2ccccc2)C1=O. The third kappa shape index (κ3) is 3.41. The Morgan fingerprint density at radius 3 is 2.42 bits per heavy atom. The van der Waals surface area contributed by atoms with Crippen LogP contribution in [0.2, 0.25) is 5.02 Å². The summed E-state index contributed by atoms with van der Waals surface area (Å²) in [6.45, 7) is 1.98. The molecule has 5 nitrogen and oxygen atoms in total. The molecule has 2 aromatic carbocycles. The molecule has 0 saturated carbocycles. The Hall–Kier alpha value is -2.50. The number of halogens is 2. The number of aryl methyl sites for hydroxylation is 1. The summed E-state index contributed by atoms with van der Waals surface area (Å²) in [6, 6.07) is 12.6. The predicted molar refractivity (Wildman–Crippen MR) is 101 cm³/mol. The molecule has 1 aliphatic heterocycles. The standard InChI is InChI=1S/C19H16Cl2N2O3/c1-11-8-14(15(26-2)9-13(11)20)22-17-16(21)18(24)23(19(17)25)10-12-6-4-3-5-7-12/h3-9,22H,10H2,1-2H3. The van der Waals surface area contributed by atoms with Crippen LogP contribution in [-0.2, 0) is 16.1 Å². The average molecular weight is 391 g/mol. The minimum atomic E-state index is -0.535. The van der Waals surface area contributed by atoms with E-state index in [1.165, 1.54) is 7.11 Å². The van der Waals surface area contributed by atoms with Gasteiger partial charge in [-0.15, -0.1) is 0 Å². The highest BCUT2D eigenvalue weighted by Crippen LogP contribution is 2.34. The van der Waals surface area contributed by atoms with Crippen molar-refractivity contribution in [3.63, 3.8) is 0 Å². The monoisotopic (exact) mass is 390 g/mol. The molecule has 2 aromatic rings. The Morgan fingerprint density at radius 2 is 1.77 bits per heavy atom. The highest BCUT2D eigenvalue weighted by molar-refractivity contribution is 6.48. The number of carbonyl (C=O) groups excluding carboxylic acids is 2. The molecule has 0 fully saturated rings. The van der Waals surface area contributed by atoms with Gasteiger partial charge in [-0.05, 0) is 24.1 Å². The van der Waals surface area contributed by atoms with Gasteiger partial charge >= 0.3 is 0 Å². The van der Waals surface area contributed by atoms with Crippen LogP contribution in [0, 0.1) is 6.92 Å². The van der Waals surface area contributed by atoms with E-state index in [-0.39, 0.29) is 17.3 Å². The van der Waals surface area contributed by atoms with Crippen molar-refractivity contribution in [2.45, 2.75) is 13.5 Å². The summed E-state index contributed by atoms with van der Waals surface area (Å²) in [5.74, 6) is -0.578. The number of nitrogens with zero attached hydrogens (tertiary/aromatic N) is 1. The second-order valence-electron chi connectivity index (χ2n) is 5.80. The molecule has 0 unspecified atom stereocenters. The lowest BCUT2D eigenvalue weighted by atomic mass is 10.2. The largest absolute Gasteiger partial charge is 0.495 e. The van der Waals surface area contributed by atoms with Crippen LogP contribution in [0.3, 0.4) is 0 Å². The maximum absolute atomic E-state index is 12.7. The number of methoxy groups -OCH3 is 1. The fraction of sp³-hybridized carbons (Fsp3) is 0.158. The fourth-order valence-corrected chi connectivity index (χ4v) is 3.01. The van der Waals surface area contributed by atoms with Crippen LogP contribution in [0.15, 0.2) is 53.2 Å². The molecule has 0 atom stereocenters. The molecular formula is C19H16Cl2N2O3. The van der Waals surface area contributed by atoms with Crippen molar-refractivity contribution in [2.24, 2.45) is 0 Å². The second-order valence-corrected chi connectivity index (χ2v) is 6.58. The van der Waals surface area contributed by atoms with Gasteiger partial charge in [-0.25, -0.2) is 0 Å². The summed E-state index contributed by atoms with van der Waals surface area (Å²) < 4.78 is 5.29. The molecule has 3 rings (SSSR count). The summed E-state index contributed by atoms with van der Waals surface area (Å²) in [5, 5.41) is 3.31. The highest BCUT2D eigenvalue weighted by Gasteiger charge is 2.38. The first-order chi connectivity index (χ1) is 12.4. The molecule has 134 valence electrons. The van der Waals surface area contributed by atoms with Crippen molar-refractivity contribution in [1.82, 2.24) is 4.90 Å². The van der Waals surface area contributed by atoms with Crippen molar-refractivity contribution in [3.05, 3.63) is 69.3 Å². The van der Waals surface area contributed by atoms with Gasteiger partial charge in [0.25, 0.3) is 11.8 Å². The Balaban J connectivity index is 1.88. The fourth-order valence-electron chi connectivity index (χ4n) is 2.63. The number of amides is 2. The molecule has 2 amide bonds. The number of anilines is 1. The van der Waals surface area contributed by atoms with Gasteiger partial charge in [0.1, 0.15) is 16.5 Å². The van der Waals surface area contributed by atoms with Gasteiger partial charge in [-0.1, -0.05) is 53.5 Å². The Labute approximate surface area is 161 Å². The predicted octanol–water partition coefficient (Wildman–Crippen LogP) is 4.09. The number of imide groups is 1. The van der Waals surface area contributed by atoms with E-state index in [0.29, 0.717) is 16.5 Å². The molecule has 26 heavy (non-hydrogen) atoms. The first kappa shape index (κ1) is 18.3. The van der Waals surface area contributed by atoms with E-state index in [4.69, 9.17) is 27.9 Å². The highest BCUT2D eigenvalue weighted by atomic mass is 35.5. The lowest BCUT2D eigenvalue weighted by Crippen LogP contribution is -2.31. The van der Waals surface area contributed by atoms with E-state index < -0.39 is 11.8 Å². The Bertz CT molecular complexity index is 911. The molecule has 1 aliphatic rings. The molecule has 7 heteroatoms. The number of ether oxygens (including phenoxy) is 1. The minimum absolute atomic E-state index is 0.0209. The van der Waals surface area contributed by atoms with E-state index in [9.17, 15) is 9.59 Å². The van der Waals surface area contributed by atoms with E-state index in [0.717, 1.165) is 16.0 Å². The average Bonchev–Trinajstić information content (AvgIpc) is 2.83. The van der Waals surface area contributed by atoms with E-state index in [1.54, 1.807) is 12.1 Å². The number of nitrogens with one attached hydrogen (secondary N) is 1. The van der Waals surface area contributed by atoms with Gasteiger partial charge in [0.2, 0.25) is 0 Å². The topological polar surface area (TPSA) is 58.6 Å². The number of benzene rings is 2. The van der Waals surface area contributed by atoms with Gasteiger partial charge in [0.15, 0.2) is 0 Å². The van der Waals surface area contributed by atoms with Crippen LogP contribution in [0.25, 0.3) is 0 Å². The zero-order chi connectivity index (χ0) is 18.8. The van der Waals surface area contributed by atoms with Gasteiger partial charge in [0, 0.05) is 11.1 Å². The number of rotatable bonds is 5.